The van der Waals surface area contributed by atoms with Gasteiger partial charge in [0.15, 0.2) is 16.6 Å². The molecule has 2 aromatic carbocycles. The molecule has 0 aliphatic heterocycles. The van der Waals surface area contributed by atoms with E-state index in [2.05, 4.69) is 15.4 Å². The zero-order valence-corrected chi connectivity index (χ0v) is 17.1. The quantitative estimate of drug-likeness (QED) is 0.481. The predicted octanol–water partition coefficient (Wildman–Crippen LogP) is 4.83. The Morgan fingerprint density at radius 2 is 1.93 bits per heavy atom. The van der Waals surface area contributed by atoms with Gasteiger partial charge in [0.2, 0.25) is 0 Å². The van der Waals surface area contributed by atoms with Gasteiger partial charge in [-0.05, 0) is 29.8 Å². The molecule has 0 radical (unpaired) electrons. The number of anilines is 1. The number of benzene rings is 2. The highest BCUT2D eigenvalue weighted by Crippen LogP contribution is 2.24. The van der Waals surface area contributed by atoms with Gasteiger partial charge in [0, 0.05) is 22.5 Å². The number of aromatic nitrogens is 3. The SMILES string of the molecule is COc1cn(-c2ccccc2)nc1C(=O)Nc1ncc(Cc2ccc(Cl)cc2)s1. The van der Waals surface area contributed by atoms with Crippen molar-refractivity contribution < 1.29 is 9.53 Å². The molecule has 4 aromatic rings. The van der Waals surface area contributed by atoms with Gasteiger partial charge in [0.25, 0.3) is 5.91 Å². The molecule has 0 aliphatic carbocycles. The summed E-state index contributed by atoms with van der Waals surface area (Å²) in [6, 6.07) is 17.2. The molecule has 8 heteroatoms. The number of hydrogen-bond donors (Lipinski definition) is 1. The second kappa shape index (κ2) is 8.46. The molecular weight excluding hydrogens is 408 g/mol. The molecule has 2 heterocycles. The number of para-hydroxylation sites is 1. The average molecular weight is 425 g/mol. The molecule has 0 fully saturated rings. The molecule has 0 saturated carbocycles. The maximum Gasteiger partial charge on any atom is 0.281 e. The van der Waals surface area contributed by atoms with Gasteiger partial charge < -0.3 is 4.74 Å². The fourth-order valence-electron chi connectivity index (χ4n) is 2.78. The van der Waals surface area contributed by atoms with E-state index in [-0.39, 0.29) is 11.6 Å². The molecule has 146 valence electrons. The predicted molar refractivity (Wildman–Crippen MR) is 114 cm³/mol. The molecule has 0 bridgehead atoms. The Morgan fingerprint density at radius 1 is 1.17 bits per heavy atom. The topological polar surface area (TPSA) is 69.0 Å². The summed E-state index contributed by atoms with van der Waals surface area (Å²) in [5.74, 6) is 0.0215. The highest BCUT2D eigenvalue weighted by Gasteiger charge is 2.19. The molecular formula is C21H17ClN4O2S. The number of nitrogens with one attached hydrogen (secondary N) is 1. The van der Waals surface area contributed by atoms with Gasteiger partial charge in [-0.2, -0.15) is 5.10 Å². The summed E-state index contributed by atoms with van der Waals surface area (Å²) in [5.41, 5.74) is 2.16. The third-order valence-electron chi connectivity index (χ3n) is 4.20. The maximum absolute atomic E-state index is 12.7. The van der Waals surface area contributed by atoms with Crippen LogP contribution >= 0.6 is 22.9 Å². The number of hydrogen-bond acceptors (Lipinski definition) is 5. The molecule has 2 aromatic heterocycles. The van der Waals surface area contributed by atoms with Gasteiger partial charge in [-0.25, -0.2) is 9.67 Å². The molecule has 0 saturated heterocycles. The van der Waals surface area contributed by atoms with Crippen molar-refractivity contribution in [2.75, 3.05) is 12.4 Å². The minimum Gasteiger partial charge on any atom is -0.493 e. The first-order chi connectivity index (χ1) is 14.1. The summed E-state index contributed by atoms with van der Waals surface area (Å²) in [5, 5.41) is 8.39. The second-order valence-corrected chi connectivity index (χ2v) is 7.77. The Labute approximate surface area is 176 Å². The van der Waals surface area contributed by atoms with Gasteiger partial charge >= 0.3 is 0 Å². The Kier molecular flexibility index (Phi) is 5.59. The van der Waals surface area contributed by atoms with E-state index in [0.717, 1.165) is 22.5 Å². The van der Waals surface area contributed by atoms with Crippen LogP contribution in [0.25, 0.3) is 5.69 Å². The van der Waals surface area contributed by atoms with E-state index in [1.165, 1.54) is 18.4 Å². The molecule has 0 spiro atoms. The summed E-state index contributed by atoms with van der Waals surface area (Å²) < 4.78 is 6.94. The first-order valence-electron chi connectivity index (χ1n) is 8.82. The third-order valence-corrected chi connectivity index (χ3v) is 5.37. The lowest BCUT2D eigenvalue weighted by Gasteiger charge is -2.01. The Hall–Kier alpha value is -3.16. The van der Waals surface area contributed by atoms with Gasteiger partial charge in [-0.15, -0.1) is 11.3 Å². The van der Waals surface area contributed by atoms with Crippen molar-refractivity contribution in [2.45, 2.75) is 6.42 Å². The second-order valence-electron chi connectivity index (χ2n) is 6.22. The summed E-state index contributed by atoms with van der Waals surface area (Å²) in [7, 11) is 1.51. The zero-order chi connectivity index (χ0) is 20.2. The van der Waals surface area contributed by atoms with E-state index in [9.17, 15) is 4.79 Å². The van der Waals surface area contributed by atoms with Crippen molar-refractivity contribution >= 4 is 34.0 Å². The lowest BCUT2D eigenvalue weighted by Crippen LogP contribution is -2.14. The highest BCUT2D eigenvalue weighted by atomic mass is 35.5. The van der Waals surface area contributed by atoms with Crippen LogP contribution in [0.4, 0.5) is 5.13 Å². The van der Waals surface area contributed by atoms with Crippen LogP contribution in [0.3, 0.4) is 0 Å². The van der Waals surface area contributed by atoms with Crippen LogP contribution in [0.5, 0.6) is 5.75 Å². The summed E-state index contributed by atoms with van der Waals surface area (Å²) in [6.07, 6.45) is 4.16. The Morgan fingerprint density at radius 3 is 2.66 bits per heavy atom. The van der Waals surface area contributed by atoms with Gasteiger partial charge in [0.1, 0.15) is 0 Å². The number of carbonyl (C=O) groups is 1. The number of nitrogens with zero attached hydrogens (tertiary/aromatic N) is 3. The number of ether oxygens (including phenoxy) is 1. The van der Waals surface area contributed by atoms with Crippen molar-refractivity contribution in [3.05, 3.63) is 88.1 Å². The van der Waals surface area contributed by atoms with Crippen LogP contribution in [0.15, 0.2) is 67.0 Å². The lowest BCUT2D eigenvalue weighted by molar-refractivity contribution is 0.101. The third kappa shape index (κ3) is 4.47. The van der Waals surface area contributed by atoms with Crippen LogP contribution in [0.2, 0.25) is 5.02 Å². The Bertz CT molecular complexity index is 1120. The van der Waals surface area contributed by atoms with Crippen molar-refractivity contribution in [3.8, 4) is 11.4 Å². The molecule has 6 nitrogen and oxygen atoms in total. The van der Waals surface area contributed by atoms with Crippen LogP contribution in [-0.4, -0.2) is 27.8 Å². The number of amides is 1. The molecule has 1 N–H and O–H groups in total. The average Bonchev–Trinajstić information content (AvgIpc) is 3.37. The van der Waals surface area contributed by atoms with Gasteiger partial charge in [0.05, 0.1) is 19.0 Å². The number of methoxy groups -OCH3 is 1. The van der Waals surface area contributed by atoms with Crippen LogP contribution in [-0.2, 0) is 6.42 Å². The Balaban J connectivity index is 1.49. The maximum atomic E-state index is 12.7. The van der Waals surface area contributed by atoms with Crippen molar-refractivity contribution in [3.63, 3.8) is 0 Å². The summed E-state index contributed by atoms with van der Waals surface area (Å²) in [6.45, 7) is 0. The molecule has 0 aliphatic rings. The summed E-state index contributed by atoms with van der Waals surface area (Å²) in [4.78, 5) is 18.1. The monoisotopic (exact) mass is 424 g/mol. The smallest absolute Gasteiger partial charge is 0.281 e. The first kappa shape index (κ1) is 19.2. The van der Waals surface area contributed by atoms with Gasteiger partial charge in [-0.1, -0.05) is 41.9 Å². The first-order valence-corrected chi connectivity index (χ1v) is 10.0. The van der Waals surface area contributed by atoms with Crippen LogP contribution < -0.4 is 10.1 Å². The number of rotatable bonds is 6. The number of thiazole rings is 1. The molecule has 29 heavy (non-hydrogen) atoms. The summed E-state index contributed by atoms with van der Waals surface area (Å²) >= 11 is 7.34. The lowest BCUT2D eigenvalue weighted by atomic mass is 10.1. The van der Waals surface area contributed by atoms with Crippen molar-refractivity contribution in [1.82, 2.24) is 14.8 Å². The normalized spacial score (nSPS) is 10.7. The van der Waals surface area contributed by atoms with E-state index in [4.69, 9.17) is 16.3 Å². The minimum absolute atomic E-state index is 0.200. The van der Waals surface area contributed by atoms with E-state index in [1.807, 2.05) is 54.6 Å². The largest absolute Gasteiger partial charge is 0.493 e. The zero-order valence-electron chi connectivity index (χ0n) is 15.5. The standard InChI is InChI=1S/C21H17ClN4O2S/c1-28-18-13-26(16-5-3-2-4-6-16)25-19(18)20(27)24-21-23-12-17(29-21)11-14-7-9-15(22)10-8-14/h2-10,12-13H,11H2,1H3,(H,23,24,27). The highest BCUT2D eigenvalue weighted by molar-refractivity contribution is 7.15. The van der Waals surface area contributed by atoms with E-state index < -0.39 is 0 Å². The van der Waals surface area contributed by atoms with Gasteiger partial charge in [-0.3, -0.25) is 10.1 Å². The molecule has 0 atom stereocenters. The van der Waals surface area contributed by atoms with Crippen LogP contribution in [0, 0.1) is 0 Å². The fourth-order valence-corrected chi connectivity index (χ4v) is 3.75. The van der Waals surface area contributed by atoms with E-state index in [1.54, 1.807) is 17.1 Å². The number of halogens is 1. The minimum atomic E-state index is -0.371. The fraction of sp³-hybridized carbons (Fsp3) is 0.0952. The molecule has 1 amide bonds. The van der Waals surface area contributed by atoms with E-state index in [0.29, 0.717) is 15.9 Å². The van der Waals surface area contributed by atoms with Crippen molar-refractivity contribution in [2.24, 2.45) is 0 Å². The van der Waals surface area contributed by atoms with Crippen molar-refractivity contribution in [1.29, 1.82) is 0 Å². The van der Waals surface area contributed by atoms with E-state index >= 15 is 0 Å². The molecule has 0 unspecified atom stereocenters. The number of carbonyl (C=O) groups excluding carboxylic acids is 1. The van der Waals surface area contributed by atoms with Crippen LogP contribution in [0.1, 0.15) is 20.9 Å². The molecule has 4 rings (SSSR count).